The third-order valence-corrected chi connectivity index (χ3v) is 4.55. The van der Waals surface area contributed by atoms with Gasteiger partial charge in [0.05, 0.1) is 5.69 Å². The summed E-state index contributed by atoms with van der Waals surface area (Å²) in [4.78, 5) is 11.3. The van der Waals surface area contributed by atoms with Crippen LogP contribution in [0.4, 0.5) is 0 Å². The maximum Gasteiger partial charge on any atom is 0.125 e. The topological polar surface area (TPSA) is 41.0 Å². The molecule has 0 aromatic carbocycles. The quantitative estimate of drug-likeness (QED) is 0.896. The highest BCUT2D eigenvalue weighted by Crippen LogP contribution is 2.24. The van der Waals surface area contributed by atoms with Gasteiger partial charge in [-0.2, -0.15) is 0 Å². The van der Waals surface area contributed by atoms with Crippen LogP contribution in [-0.2, 0) is 6.54 Å². The van der Waals surface area contributed by atoms with E-state index < -0.39 is 0 Å². The largest absolute Gasteiger partial charge is 0.314 e. The summed E-state index contributed by atoms with van der Waals surface area (Å²) in [6, 6.07) is 3.29. The molecule has 0 spiro atoms. The smallest absolute Gasteiger partial charge is 0.125 e. The van der Waals surface area contributed by atoms with E-state index >= 15 is 0 Å². The Balaban J connectivity index is 1.94. The fourth-order valence-corrected chi connectivity index (χ4v) is 3.08. The van der Waals surface area contributed by atoms with Crippen LogP contribution in [0.1, 0.15) is 45.1 Å². The van der Waals surface area contributed by atoms with E-state index in [1.807, 2.05) is 19.2 Å². The van der Waals surface area contributed by atoms with Crippen molar-refractivity contribution >= 4 is 0 Å². The number of piperidine rings is 1. The number of nitrogens with one attached hydrogen (secondary N) is 1. The lowest BCUT2D eigenvalue weighted by atomic mass is 9.87. The van der Waals surface area contributed by atoms with Gasteiger partial charge in [-0.1, -0.05) is 13.8 Å². The van der Waals surface area contributed by atoms with Gasteiger partial charge in [0.2, 0.25) is 0 Å². The third-order valence-electron chi connectivity index (χ3n) is 4.55. The Bertz CT molecular complexity index is 421. The lowest BCUT2D eigenvalue weighted by Gasteiger charge is -2.43. The molecule has 0 aliphatic carbocycles. The van der Waals surface area contributed by atoms with Gasteiger partial charge < -0.3 is 5.32 Å². The molecule has 112 valence electrons. The number of aryl methyl sites for hydroxylation is 1. The fourth-order valence-electron chi connectivity index (χ4n) is 3.08. The minimum Gasteiger partial charge on any atom is -0.314 e. The van der Waals surface area contributed by atoms with Gasteiger partial charge in [0.1, 0.15) is 5.82 Å². The van der Waals surface area contributed by atoms with Gasteiger partial charge in [0.25, 0.3) is 0 Å². The van der Waals surface area contributed by atoms with Crippen LogP contribution < -0.4 is 5.32 Å². The minimum absolute atomic E-state index is 0.591. The summed E-state index contributed by atoms with van der Waals surface area (Å²) >= 11 is 0. The third kappa shape index (κ3) is 3.76. The van der Waals surface area contributed by atoms with E-state index in [0.29, 0.717) is 18.0 Å². The molecule has 2 rings (SSSR count). The molecule has 1 fully saturated rings. The normalized spacial score (nSPS) is 27.7. The first-order chi connectivity index (χ1) is 9.61. The molecule has 1 aliphatic heterocycles. The first-order valence-corrected chi connectivity index (χ1v) is 7.87. The highest BCUT2D eigenvalue weighted by atomic mass is 15.2. The van der Waals surface area contributed by atoms with E-state index in [0.717, 1.165) is 31.2 Å². The first-order valence-electron chi connectivity index (χ1n) is 7.87. The number of likely N-dealkylation sites (tertiary alicyclic amines) is 1. The summed E-state index contributed by atoms with van der Waals surface area (Å²) in [5, 5.41) is 3.69. The molecule has 0 saturated carbocycles. The van der Waals surface area contributed by atoms with Gasteiger partial charge in [0, 0.05) is 31.4 Å². The Kier molecular flexibility index (Phi) is 5.49. The molecule has 4 nitrogen and oxygen atoms in total. The maximum absolute atomic E-state index is 4.53. The standard InChI is InChI=1S/C16H28N4/c1-5-8-18-16-7-10-20(13(3)12(16)2)11-15-6-9-17-14(4)19-15/h6,9,12-13,16,18H,5,7-8,10-11H2,1-4H3. The van der Waals surface area contributed by atoms with Crippen LogP contribution in [0.15, 0.2) is 12.3 Å². The minimum atomic E-state index is 0.591. The van der Waals surface area contributed by atoms with Gasteiger partial charge in [-0.25, -0.2) is 9.97 Å². The molecule has 0 bridgehead atoms. The average molecular weight is 276 g/mol. The van der Waals surface area contributed by atoms with Crippen molar-refractivity contribution in [3.8, 4) is 0 Å². The monoisotopic (exact) mass is 276 g/mol. The molecule has 2 heterocycles. The Morgan fingerprint density at radius 3 is 2.90 bits per heavy atom. The summed E-state index contributed by atoms with van der Waals surface area (Å²) in [5.41, 5.74) is 1.14. The lowest BCUT2D eigenvalue weighted by Crippen LogP contribution is -2.53. The Morgan fingerprint density at radius 2 is 2.20 bits per heavy atom. The number of rotatable bonds is 5. The van der Waals surface area contributed by atoms with E-state index in [-0.39, 0.29) is 0 Å². The van der Waals surface area contributed by atoms with Gasteiger partial charge >= 0.3 is 0 Å². The lowest BCUT2D eigenvalue weighted by molar-refractivity contribution is 0.0773. The summed E-state index contributed by atoms with van der Waals surface area (Å²) in [5.74, 6) is 1.54. The number of hydrogen-bond acceptors (Lipinski definition) is 4. The van der Waals surface area contributed by atoms with Crippen molar-refractivity contribution in [1.82, 2.24) is 20.2 Å². The molecule has 1 aliphatic rings. The van der Waals surface area contributed by atoms with E-state index in [1.54, 1.807) is 0 Å². The zero-order chi connectivity index (χ0) is 14.5. The summed E-state index contributed by atoms with van der Waals surface area (Å²) in [6.45, 7) is 12.1. The Morgan fingerprint density at radius 1 is 1.40 bits per heavy atom. The van der Waals surface area contributed by atoms with Crippen LogP contribution in [0.25, 0.3) is 0 Å². The van der Waals surface area contributed by atoms with Crippen molar-refractivity contribution in [2.45, 2.75) is 59.2 Å². The molecular weight excluding hydrogens is 248 g/mol. The molecule has 20 heavy (non-hydrogen) atoms. The van der Waals surface area contributed by atoms with Crippen molar-refractivity contribution in [3.63, 3.8) is 0 Å². The van der Waals surface area contributed by atoms with Gasteiger partial charge in [-0.05, 0) is 45.2 Å². The van der Waals surface area contributed by atoms with E-state index in [4.69, 9.17) is 0 Å². The van der Waals surface area contributed by atoms with Crippen LogP contribution in [0.3, 0.4) is 0 Å². The highest BCUT2D eigenvalue weighted by molar-refractivity contribution is 5.03. The van der Waals surface area contributed by atoms with Crippen molar-refractivity contribution in [2.75, 3.05) is 13.1 Å². The number of nitrogens with zero attached hydrogens (tertiary/aromatic N) is 3. The predicted molar refractivity (Wildman–Crippen MR) is 82.5 cm³/mol. The van der Waals surface area contributed by atoms with E-state index in [9.17, 15) is 0 Å². The number of aromatic nitrogens is 2. The first kappa shape index (κ1) is 15.4. The van der Waals surface area contributed by atoms with Crippen LogP contribution >= 0.6 is 0 Å². The maximum atomic E-state index is 4.53. The second-order valence-corrected chi connectivity index (χ2v) is 6.01. The summed E-state index contributed by atoms with van der Waals surface area (Å²) in [7, 11) is 0. The fraction of sp³-hybridized carbons (Fsp3) is 0.750. The molecule has 1 aromatic heterocycles. The molecule has 3 atom stereocenters. The zero-order valence-electron chi connectivity index (χ0n) is 13.3. The molecule has 4 heteroatoms. The van der Waals surface area contributed by atoms with Crippen molar-refractivity contribution in [2.24, 2.45) is 5.92 Å². The van der Waals surface area contributed by atoms with Gasteiger partial charge in [-0.15, -0.1) is 0 Å². The van der Waals surface area contributed by atoms with Crippen LogP contribution in [0.5, 0.6) is 0 Å². The average Bonchev–Trinajstić information content (AvgIpc) is 2.43. The SMILES string of the molecule is CCCNC1CCN(Cc2ccnc(C)n2)C(C)C1C. The van der Waals surface area contributed by atoms with Gasteiger partial charge in [0.15, 0.2) is 0 Å². The highest BCUT2D eigenvalue weighted by Gasteiger charge is 2.31. The van der Waals surface area contributed by atoms with Crippen LogP contribution in [0, 0.1) is 12.8 Å². The van der Waals surface area contributed by atoms with E-state index in [2.05, 4.69) is 41.0 Å². The molecule has 0 amide bonds. The van der Waals surface area contributed by atoms with E-state index in [1.165, 1.54) is 12.8 Å². The van der Waals surface area contributed by atoms with Crippen LogP contribution in [-0.4, -0.2) is 40.0 Å². The molecule has 1 saturated heterocycles. The second kappa shape index (κ2) is 7.14. The van der Waals surface area contributed by atoms with Crippen molar-refractivity contribution in [1.29, 1.82) is 0 Å². The molecule has 3 unspecified atom stereocenters. The van der Waals surface area contributed by atoms with Crippen LogP contribution in [0.2, 0.25) is 0 Å². The Hall–Kier alpha value is -1.00. The second-order valence-electron chi connectivity index (χ2n) is 6.01. The van der Waals surface area contributed by atoms with Crippen molar-refractivity contribution in [3.05, 3.63) is 23.8 Å². The number of hydrogen-bond donors (Lipinski definition) is 1. The molecular formula is C16H28N4. The zero-order valence-corrected chi connectivity index (χ0v) is 13.3. The molecule has 1 aromatic rings. The van der Waals surface area contributed by atoms with Crippen molar-refractivity contribution < 1.29 is 0 Å². The Labute approximate surface area is 123 Å². The predicted octanol–water partition coefficient (Wildman–Crippen LogP) is 2.38. The molecule has 0 radical (unpaired) electrons. The molecule has 1 N–H and O–H groups in total. The summed E-state index contributed by atoms with van der Waals surface area (Å²) < 4.78 is 0. The van der Waals surface area contributed by atoms with Gasteiger partial charge in [-0.3, -0.25) is 4.90 Å². The summed E-state index contributed by atoms with van der Waals surface area (Å²) in [6.07, 6.45) is 4.30.